The minimum atomic E-state index is -0.0789. The van der Waals surface area contributed by atoms with E-state index in [0.717, 1.165) is 28.6 Å². The van der Waals surface area contributed by atoms with Gasteiger partial charge in [0.2, 0.25) is 0 Å². The number of pyridine rings is 1. The molecule has 3 heterocycles. The van der Waals surface area contributed by atoms with Crippen LogP contribution in [0.15, 0.2) is 91.4 Å². The second-order valence-corrected chi connectivity index (χ2v) is 10.2. The molecule has 0 bridgehead atoms. The van der Waals surface area contributed by atoms with Crippen LogP contribution < -0.4 is 19.7 Å². The highest BCUT2D eigenvalue weighted by molar-refractivity contribution is 7.80. The van der Waals surface area contributed by atoms with Crippen LogP contribution in [-0.2, 0) is 5.54 Å². The minimum absolute atomic E-state index is 0.0173. The monoisotopic (exact) mass is 498 g/mol. The Bertz CT molecular complexity index is 1330. The van der Waals surface area contributed by atoms with Crippen molar-refractivity contribution in [3.63, 3.8) is 0 Å². The molecule has 36 heavy (non-hydrogen) atoms. The van der Waals surface area contributed by atoms with E-state index in [0.29, 0.717) is 5.11 Å². The number of ether oxygens (including phenoxy) is 2. The highest BCUT2D eigenvalue weighted by atomic mass is 32.1. The molecular formula is C29H30N4O2S. The smallest absolute Gasteiger partial charge is 0.174 e. The summed E-state index contributed by atoms with van der Waals surface area (Å²) in [5.41, 5.74) is 3.10. The van der Waals surface area contributed by atoms with Gasteiger partial charge in [0.15, 0.2) is 5.11 Å². The van der Waals surface area contributed by atoms with Gasteiger partial charge in [-0.05, 0) is 105 Å². The molecule has 1 aliphatic heterocycles. The summed E-state index contributed by atoms with van der Waals surface area (Å²) in [6.07, 6.45) is 6.17. The summed E-state index contributed by atoms with van der Waals surface area (Å²) in [6, 6.07) is 23.6. The Balaban J connectivity index is 1.46. The van der Waals surface area contributed by atoms with Gasteiger partial charge in [-0.2, -0.15) is 0 Å². The maximum atomic E-state index is 6.03. The van der Waals surface area contributed by atoms with Crippen molar-refractivity contribution in [1.29, 1.82) is 0 Å². The van der Waals surface area contributed by atoms with Crippen LogP contribution in [0, 0.1) is 0 Å². The molecular weight excluding hydrogens is 468 g/mol. The van der Waals surface area contributed by atoms with Crippen LogP contribution in [0.4, 0.5) is 5.69 Å². The average Bonchev–Trinajstić information content (AvgIpc) is 3.50. The summed E-state index contributed by atoms with van der Waals surface area (Å²) < 4.78 is 13.5. The van der Waals surface area contributed by atoms with E-state index in [1.54, 1.807) is 7.11 Å². The lowest BCUT2D eigenvalue weighted by Gasteiger charge is -2.28. The molecule has 2 atom stereocenters. The first-order chi connectivity index (χ1) is 17.3. The Kier molecular flexibility index (Phi) is 6.41. The normalized spacial score (nSPS) is 17.7. The van der Waals surface area contributed by atoms with E-state index in [1.165, 1.54) is 5.56 Å². The predicted molar refractivity (Wildman–Crippen MR) is 147 cm³/mol. The number of hydrogen-bond acceptors (Lipinski definition) is 4. The van der Waals surface area contributed by atoms with E-state index in [-0.39, 0.29) is 17.6 Å². The SMILES string of the molecule is COc1ccc(Oc2ccc(N3C(=S)N[C@@H](c4ccccn4)[C@@H]3c3ccn(C(C)(C)C)c3)cc2)cc1. The molecule has 2 aromatic heterocycles. The van der Waals surface area contributed by atoms with Crippen molar-refractivity contribution in [3.8, 4) is 17.2 Å². The van der Waals surface area contributed by atoms with E-state index < -0.39 is 0 Å². The van der Waals surface area contributed by atoms with Crippen LogP contribution in [0.1, 0.15) is 44.1 Å². The first-order valence-corrected chi connectivity index (χ1v) is 12.4. The van der Waals surface area contributed by atoms with Crippen molar-refractivity contribution < 1.29 is 9.47 Å². The quantitative estimate of drug-likeness (QED) is 0.302. The zero-order chi connectivity index (χ0) is 25.3. The van der Waals surface area contributed by atoms with Gasteiger partial charge in [-0.3, -0.25) is 4.98 Å². The molecule has 0 aliphatic carbocycles. The molecule has 184 valence electrons. The summed E-state index contributed by atoms with van der Waals surface area (Å²) in [4.78, 5) is 6.82. The van der Waals surface area contributed by atoms with E-state index in [4.69, 9.17) is 21.7 Å². The summed E-state index contributed by atoms with van der Waals surface area (Å²) in [5, 5.41) is 4.19. The van der Waals surface area contributed by atoms with Crippen molar-refractivity contribution >= 4 is 23.0 Å². The maximum Gasteiger partial charge on any atom is 0.174 e. The van der Waals surface area contributed by atoms with Crippen LogP contribution in [-0.4, -0.2) is 21.8 Å². The Morgan fingerprint density at radius 2 is 1.56 bits per heavy atom. The predicted octanol–water partition coefficient (Wildman–Crippen LogP) is 6.62. The van der Waals surface area contributed by atoms with Gasteiger partial charge in [0.25, 0.3) is 0 Å². The topological polar surface area (TPSA) is 51.6 Å². The van der Waals surface area contributed by atoms with E-state index in [9.17, 15) is 0 Å². The number of nitrogens with one attached hydrogen (secondary N) is 1. The molecule has 1 N–H and O–H groups in total. The molecule has 1 fully saturated rings. The molecule has 7 heteroatoms. The Morgan fingerprint density at radius 3 is 2.14 bits per heavy atom. The summed E-state index contributed by atoms with van der Waals surface area (Å²) in [7, 11) is 1.65. The fourth-order valence-electron chi connectivity index (χ4n) is 4.43. The molecule has 1 saturated heterocycles. The van der Waals surface area contributed by atoms with Gasteiger partial charge in [-0.1, -0.05) is 6.07 Å². The maximum absolute atomic E-state index is 6.03. The third-order valence-electron chi connectivity index (χ3n) is 6.34. The molecule has 4 aromatic rings. The summed E-state index contributed by atoms with van der Waals surface area (Å²) in [6.45, 7) is 6.59. The highest BCUT2D eigenvalue weighted by Crippen LogP contribution is 2.42. The van der Waals surface area contributed by atoms with Crippen molar-refractivity contribution in [1.82, 2.24) is 14.9 Å². The average molecular weight is 499 g/mol. The fourth-order valence-corrected chi connectivity index (χ4v) is 4.78. The van der Waals surface area contributed by atoms with Gasteiger partial charge >= 0.3 is 0 Å². The van der Waals surface area contributed by atoms with Crippen LogP contribution >= 0.6 is 12.2 Å². The first kappa shape index (κ1) is 23.9. The molecule has 6 nitrogen and oxygen atoms in total. The van der Waals surface area contributed by atoms with Crippen LogP contribution in [0.3, 0.4) is 0 Å². The van der Waals surface area contributed by atoms with Crippen molar-refractivity contribution in [2.24, 2.45) is 0 Å². The van der Waals surface area contributed by atoms with E-state index >= 15 is 0 Å². The Morgan fingerprint density at radius 1 is 0.889 bits per heavy atom. The molecule has 0 amide bonds. The third kappa shape index (κ3) is 4.79. The highest BCUT2D eigenvalue weighted by Gasteiger charge is 2.41. The summed E-state index contributed by atoms with van der Waals surface area (Å²) >= 11 is 5.86. The van der Waals surface area contributed by atoms with Crippen LogP contribution in [0.2, 0.25) is 0 Å². The van der Waals surface area contributed by atoms with Crippen LogP contribution in [0.25, 0.3) is 0 Å². The van der Waals surface area contributed by atoms with E-state index in [2.05, 4.69) is 59.0 Å². The number of hydrogen-bond donors (Lipinski definition) is 1. The summed E-state index contributed by atoms with van der Waals surface area (Å²) in [5.74, 6) is 2.29. The molecule has 5 rings (SSSR count). The third-order valence-corrected chi connectivity index (χ3v) is 6.65. The van der Waals surface area contributed by atoms with Crippen molar-refractivity contribution in [2.45, 2.75) is 38.4 Å². The van der Waals surface area contributed by atoms with Gasteiger partial charge in [-0.25, -0.2) is 0 Å². The second kappa shape index (κ2) is 9.66. The minimum Gasteiger partial charge on any atom is -0.497 e. The standard InChI is InChI=1S/C29H30N4O2S/c1-29(2,3)32-18-16-20(19-32)27-26(25-7-5-6-17-30-25)31-28(36)33(27)21-8-10-23(11-9-21)35-24-14-12-22(34-4)13-15-24/h5-19,26-27H,1-4H3,(H,31,36)/t26-,27-/m0/s1. The second-order valence-electron chi connectivity index (χ2n) is 9.79. The number of benzene rings is 2. The van der Waals surface area contributed by atoms with Crippen molar-refractivity contribution in [2.75, 3.05) is 12.0 Å². The molecule has 0 saturated carbocycles. The van der Waals surface area contributed by atoms with Gasteiger partial charge in [-0.15, -0.1) is 0 Å². The number of nitrogens with zero attached hydrogens (tertiary/aromatic N) is 3. The lowest BCUT2D eigenvalue weighted by atomic mass is 9.98. The van der Waals surface area contributed by atoms with Gasteiger partial charge in [0.1, 0.15) is 17.2 Å². The number of thiocarbonyl (C=S) groups is 1. The molecule has 0 unspecified atom stereocenters. The molecule has 1 aliphatic rings. The number of rotatable bonds is 6. The molecule has 0 spiro atoms. The fraction of sp³-hybridized carbons (Fsp3) is 0.241. The zero-order valence-corrected chi connectivity index (χ0v) is 21.7. The van der Waals surface area contributed by atoms with Crippen molar-refractivity contribution in [3.05, 3.63) is 103 Å². The lowest BCUT2D eigenvalue weighted by molar-refractivity contribution is 0.397. The number of anilines is 1. The Labute approximate surface area is 217 Å². The van der Waals surface area contributed by atoms with Gasteiger partial charge in [0.05, 0.1) is 24.9 Å². The van der Waals surface area contributed by atoms with Gasteiger partial charge < -0.3 is 24.3 Å². The van der Waals surface area contributed by atoms with Gasteiger partial charge in [0, 0.05) is 29.8 Å². The molecule has 2 aromatic carbocycles. The molecule has 0 radical (unpaired) electrons. The lowest BCUT2D eigenvalue weighted by Crippen LogP contribution is -2.29. The van der Waals surface area contributed by atoms with Crippen LogP contribution in [0.5, 0.6) is 17.2 Å². The largest absolute Gasteiger partial charge is 0.497 e. The Hall–Kier alpha value is -3.84. The van der Waals surface area contributed by atoms with E-state index in [1.807, 2.05) is 72.9 Å². The first-order valence-electron chi connectivity index (χ1n) is 11.9. The number of aromatic nitrogens is 2. The number of methoxy groups -OCH3 is 1. The zero-order valence-electron chi connectivity index (χ0n) is 20.9.